The fourth-order valence-electron chi connectivity index (χ4n) is 2.02. The summed E-state index contributed by atoms with van der Waals surface area (Å²) in [5.41, 5.74) is 0. The Morgan fingerprint density at radius 3 is 2.71 bits per heavy atom. The molecule has 2 rings (SSSR count). The number of fused-ring (bicyclic) bond motifs is 1. The zero-order valence-electron chi connectivity index (χ0n) is 9.37. The summed E-state index contributed by atoms with van der Waals surface area (Å²) in [5.74, 6) is -0.477. The minimum Gasteiger partial charge on any atom is -0.513 e. The van der Waals surface area contributed by atoms with Gasteiger partial charge in [0.25, 0.3) is 0 Å². The maximum atomic E-state index is 11.4. The van der Waals surface area contributed by atoms with E-state index in [2.05, 4.69) is 6.58 Å². The summed E-state index contributed by atoms with van der Waals surface area (Å²) >= 11 is 0. The van der Waals surface area contributed by atoms with Crippen LogP contribution in [0.2, 0.25) is 0 Å². The van der Waals surface area contributed by atoms with Crippen LogP contribution >= 0.6 is 0 Å². The third-order valence-corrected chi connectivity index (χ3v) is 2.88. The van der Waals surface area contributed by atoms with Gasteiger partial charge in [-0.2, -0.15) is 0 Å². The number of rotatable bonds is 4. The average molecular weight is 244 g/mol. The molecule has 2 N–H and O–H groups in total. The summed E-state index contributed by atoms with van der Waals surface area (Å²) in [6.45, 7) is 3.73. The van der Waals surface area contributed by atoms with Gasteiger partial charge in [-0.1, -0.05) is 6.58 Å². The van der Waals surface area contributed by atoms with Crippen molar-refractivity contribution in [1.29, 1.82) is 0 Å². The maximum absolute atomic E-state index is 11.4. The Morgan fingerprint density at radius 1 is 1.29 bits per heavy atom. The number of carbonyl (C=O) groups is 1. The van der Waals surface area contributed by atoms with Gasteiger partial charge in [-0.3, -0.25) is 4.79 Å². The van der Waals surface area contributed by atoms with Gasteiger partial charge in [0.15, 0.2) is 6.10 Å². The van der Waals surface area contributed by atoms with Gasteiger partial charge in [0.2, 0.25) is 0 Å². The van der Waals surface area contributed by atoms with E-state index in [1.807, 2.05) is 0 Å². The van der Waals surface area contributed by atoms with Crippen molar-refractivity contribution in [3.8, 4) is 0 Å². The lowest BCUT2D eigenvalue weighted by atomic mass is 10.1. The van der Waals surface area contributed by atoms with Gasteiger partial charge in [0, 0.05) is 6.42 Å². The van der Waals surface area contributed by atoms with Crippen molar-refractivity contribution < 1.29 is 29.2 Å². The summed E-state index contributed by atoms with van der Waals surface area (Å²) in [7, 11) is 0. The number of esters is 1. The highest BCUT2D eigenvalue weighted by atomic mass is 16.6. The summed E-state index contributed by atoms with van der Waals surface area (Å²) in [6.07, 6.45) is -1.65. The Kier molecular flexibility index (Phi) is 3.66. The molecule has 0 saturated carbocycles. The van der Waals surface area contributed by atoms with Crippen LogP contribution in [0.25, 0.3) is 0 Å². The summed E-state index contributed by atoms with van der Waals surface area (Å²) in [4.78, 5) is 11.4. The van der Waals surface area contributed by atoms with E-state index in [9.17, 15) is 9.90 Å². The van der Waals surface area contributed by atoms with E-state index in [0.29, 0.717) is 0 Å². The van der Waals surface area contributed by atoms with Crippen molar-refractivity contribution in [2.75, 3.05) is 13.2 Å². The molecule has 0 amide bonds. The molecule has 0 unspecified atom stereocenters. The minimum atomic E-state index is -0.652. The molecule has 0 aromatic heterocycles. The van der Waals surface area contributed by atoms with Crippen LogP contribution in [-0.4, -0.2) is 53.8 Å². The van der Waals surface area contributed by atoms with Gasteiger partial charge in [-0.25, -0.2) is 0 Å². The van der Waals surface area contributed by atoms with Crippen LogP contribution in [0.5, 0.6) is 0 Å². The topological polar surface area (TPSA) is 85.2 Å². The predicted molar refractivity (Wildman–Crippen MR) is 56.4 cm³/mol. The molecule has 2 fully saturated rings. The van der Waals surface area contributed by atoms with Crippen molar-refractivity contribution in [2.45, 2.75) is 37.3 Å². The van der Waals surface area contributed by atoms with Crippen LogP contribution in [0, 0.1) is 0 Å². The minimum absolute atomic E-state index is 0.0463. The lowest BCUT2D eigenvalue weighted by molar-refractivity contribution is -0.153. The average Bonchev–Trinajstić information content (AvgIpc) is 2.81. The van der Waals surface area contributed by atoms with Crippen LogP contribution < -0.4 is 0 Å². The third kappa shape index (κ3) is 2.77. The van der Waals surface area contributed by atoms with E-state index in [0.717, 1.165) is 0 Å². The molecule has 17 heavy (non-hydrogen) atoms. The third-order valence-electron chi connectivity index (χ3n) is 2.88. The number of hydrogen-bond donors (Lipinski definition) is 2. The van der Waals surface area contributed by atoms with Gasteiger partial charge in [0.05, 0.1) is 25.4 Å². The second kappa shape index (κ2) is 5.03. The molecular weight excluding hydrogens is 228 g/mol. The highest BCUT2D eigenvalue weighted by Crippen LogP contribution is 2.29. The molecule has 2 heterocycles. The first-order chi connectivity index (χ1) is 8.08. The maximum Gasteiger partial charge on any atom is 0.306 e. The quantitative estimate of drug-likeness (QED) is 0.531. The largest absolute Gasteiger partial charge is 0.513 e. The first-order valence-electron chi connectivity index (χ1n) is 5.55. The van der Waals surface area contributed by atoms with Crippen molar-refractivity contribution in [1.82, 2.24) is 0 Å². The standard InChI is InChI=1S/C11H16O6/c1-6(12)2-3-9(14)17-8-5-16-10-7(13)4-15-11(8)10/h7-8,10-13H,1-5H2/t7-,8-,10+,11+/m0/s1. The molecule has 0 aromatic rings. The normalized spacial score (nSPS) is 35.6. The van der Waals surface area contributed by atoms with E-state index in [1.165, 1.54) is 0 Å². The Hall–Kier alpha value is -1.11. The van der Waals surface area contributed by atoms with E-state index in [4.69, 9.17) is 19.3 Å². The van der Waals surface area contributed by atoms with Crippen LogP contribution in [0.3, 0.4) is 0 Å². The first kappa shape index (κ1) is 12.3. The number of allylic oxidation sites excluding steroid dienone is 1. The number of ether oxygens (including phenoxy) is 3. The van der Waals surface area contributed by atoms with Crippen molar-refractivity contribution in [2.24, 2.45) is 0 Å². The number of hydrogen-bond acceptors (Lipinski definition) is 6. The lowest BCUT2D eigenvalue weighted by Crippen LogP contribution is -2.34. The second-order valence-electron chi connectivity index (χ2n) is 4.26. The molecule has 0 spiro atoms. The molecule has 0 aliphatic carbocycles. The Labute approximate surface area is 98.8 Å². The van der Waals surface area contributed by atoms with Gasteiger partial charge >= 0.3 is 5.97 Å². The zero-order valence-corrected chi connectivity index (χ0v) is 9.37. The smallest absolute Gasteiger partial charge is 0.306 e. The van der Waals surface area contributed by atoms with E-state index >= 15 is 0 Å². The van der Waals surface area contributed by atoms with Crippen molar-refractivity contribution in [3.63, 3.8) is 0 Å². The molecule has 4 atom stereocenters. The summed E-state index contributed by atoms with van der Waals surface area (Å²) in [6, 6.07) is 0. The van der Waals surface area contributed by atoms with Gasteiger partial charge in [-0.05, 0) is 0 Å². The summed E-state index contributed by atoms with van der Waals surface area (Å²) < 4.78 is 15.8. The molecular formula is C11H16O6. The fourth-order valence-corrected chi connectivity index (χ4v) is 2.02. The van der Waals surface area contributed by atoms with Crippen LogP contribution in [-0.2, 0) is 19.0 Å². The number of carbonyl (C=O) groups excluding carboxylic acids is 1. The van der Waals surface area contributed by atoms with Crippen LogP contribution in [0.4, 0.5) is 0 Å². The van der Waals surface area contributed by atoms with Crippen LogP contribution in [0.1, 0.15) is 12.8 Å². The monoisotopic (exact) mass is 244 g/mol. The molecule has 96 valence electrons. The van der Waals surface area contributed by atoms with E-state index in [-0.39, 0.29) is 37.9 Å². The molecule has 2 aliphatic rings. The first-order valence-corrected chi connectivity index (χ1v) is 5.55. The van der Waals surface area contributed by atoms with Gasteiger partial charge in [-0.15, -0.1) is 0 Å². The molecule has 0 aromatic carbocycles. The molecule has 2 saturated heterocycles. The van der Waals surface area contributed by atoms with Crippen molar-refractivity contribution in [3.05, 3.63) is 12.3 Å². The second-order valence-corrected chi connectivity index (χ2v) is 4.26. The Balaban J connectivity index is 1.80. The fraction of sp³-hybridized carbons (Fsp3) is 0.727. The number of aliphatic hydroxyl groups is 2. The SMILES string of the molecule is C=C(O)CCC(=O)O[C@H]1CO[C@H]2[C@@H]1OC[C@@H]2O. The molecule has 0 radical (unpaired) electrons. The Bertz CT molecular complexity index is 315. The molecule has 6 nitrogen and oxygen atoms in total. The van der Waals surface area contributed by atoms with E-state index in [1.54, 1.807) is 0 Å². The van der Waals surface area contributed by atoms with Crippen LogP contribution in [0.15, 0.2) is 12.3 Å². The van der Waals surface area contributed by atoms with Gasteiger partial charge in [0.1, 0.15) is 18.3 Å². The predicted octanol–water partition coefficient (Wildman–Crippen LogP) is -0.0914. The van der Waals surface area contributed by atoms with E-state index < -0.39 is 24.3 Å². The number of aliphatic hydroxyl groups excluding tert-OH is 2. The lowest BCUT2D eigenvalue weighted by Gasteiger charge is -2.16. The summed E-state index contributed by atoms with van der Waals surface area (Å²) in [5, 5.41) is 18.4. The molecule has 6 heteroatoms. The molecule has 0 bridgehead atoms. The highest BCUT2D eigenvalue weighted by molar-refractivity contribution is 5.69. The van der Waals surface area contributed by atoms with Gasteiger partial charge < -0.3 is 24.4 Å². The Morgan fingerprint density at radius 2 is 2.00 bits per heavy atom. The zero-order chi connectivity index (χ0) is 12.4. The molecule has 2 aliphatic heterocycles. The highest BCUT2D eigenvalue weighted by Gasteiger charge is 2.48. The van der Waals surface area contributed by atoms with Crippen molar-refractivity contribution >= 4 is 5.97 Å².